The first-order valence-electron chi connectivity index (χ1n) is 9.64. The molecule has 2 aliphatic rings. The Morgan fingerprint density at radius 2 is 2.04 bits per heavy atom. The van der Waals surface area contributed by atoms with Crippen molar-refractivity contribution in [2.24, 2.45) is 22.7 Å². The molecule has 2 fully saturated rings. The number of aliphatic hydroxyl groups is 1. The first-order chi connectivity index (χ1) is 11.4. The van der Waals surface area contributed by atoms with E-state index in [9.17, 15) is 9.90 Å². The molecule has 2 rings (SSSR count). The van der Waals surface area contributed by atoms with Crippen LogP contribution in [0.3, 0.4) is 0 Å². The number of hydrogen-bond donors (Lipinski definition) is 1. The Labute approximate surface area is 153 Å². The minimum absolute atomic E-state index is 0.0504. The van der Waals surface area contributed by atoms with Crippen LogP contribution >= 0.6 is 0 Å². The van der Waals surface area contributed by atoms with Crippen LogP contribution in [0.4, 0.5) is 0 Å². The molecule has 0 aromatic carbocycles. The van der Waals surface area contributed by atoms with Crippen LogP contribution in [0.15, 0.2) is 24.8 Å². The van der Waals surface area contributed by atoms with Gasteiger partial charge in [0.2, 0.25) is 0 Å². The third-order valence-corrected chi connectivity index (χ3v) is 6.97. The van der Waals surface area contributed by atoms with Crippen molar-refractivity contribution < 1.29 is 14.6 Å². The molecule has 3 nitrogen and oxygen atoms in total. The highest BCUT2D eigenvalue weighted by Crippen LogP contribution is 2.61. The van der Waals surface area contributed by atoms with E-state index in [2.05, 4.69) is 33.9 Å². The van der Waals surface area contributed by atoms with Crippen LogP contribution in [-0.4, -0.2) is 22.8 Å². The maximum Gasteiger partial charge on any atom is 0.303 e. The quantitative estimate of drug-likeness (QED) is 0.559. The number of hydrogen-bond acceptors (Lipinski definition) is 3. The second-order valence-corrected chi connectivity index (χ2v) is 9.46. The smallest absolute Gasteiger partial charge is 0.303 e. The highest BCUT2D eigenvalue weighted by molar-refractivity contribution is 5.66. The lowest BCUT2D eigenvalue weighted by atomic mass is 9.46. The van der Waals surface area contributed by atoms with Crippen molar-refractivity contribution in [1.82, 2.24) is 0 Å². The summed E-state index contributed by atoms with van der Waals surface area (Å²) in [5, 5.41) is 10.8. The van der Waals surface area contributed by atoms with E-state index in [1.165, 1.54) is 19.8 Å². The van der Waals surface area contributed by atoms with Crippen molar-refractivity contribution in [1.29, 1.82) is 0 Å². The van der Waals surface area contributed by atoms with Crippen molar-refractivity contribution in [2.75, 3.05) is 0 Å². The summed E-state index contributed by atoms with van der Waals surface area (Å²) in [6.45, 7) is 18.5. The zero-order valence-corrected chi connectivity index (χ0v) is 16.7. The molecule has 2 aliphatic carbocycles. The van der Waals surface area contributed by atoms with E-state index in [1.54, 1.807) is 6.08 Å². The van der Waals surface area contributed by atoms with Gasteiger partial charge in [0.05, 0.1) is 6.10 Å². The Balaban J connectivity index is 2.25. The van der Waals surface area contributed by atoms with Crippen molar-refractivity contribution in [3.63, 3.8) is 0 Å². The summed E-state index contributed by atoms with van der Waals surface area (Å²) >= 11 is 0. The fraction of sp³-hybridized carbons (Fsp3) is 0.773. The summed E-state index contributed by atoms with van der Waals surface area (Å²) in [5.74, 6) is 0.353. The minimum atomic E-state index is -0.641. The van der Waals surface area contributed by atoms with Crippen LogP contribution in [-0.2, 0) is 9.53 Å². The predicted molar refractivity (Wildman–Crippen MR) is 102 cm³/mol. The first-order valence-corrected chi connectivity index (χ1v) is 9.64. The van der Waals surface area contributed by atoms with Gasteiger partial charge in [0, 0.05) is 6.92 Å². The largest absolute Gasteiger partial charge is 0.455 e. The summed E-state index contributed by atoms with van der Waals surface area (Å²) < 4.78 is 5.51. The zero-order valence-electron chi connectivity index (χ0n) is 16.7. The number of carbonyl (C=O) groups excluding carboxylic acids is 1. The molecular formula is C22H36O3. The van der Waals surface area contributed by atoms with Gasteiger partial charge in [0.15, 0.2) is 0 Å². The second-order valence-electron chi connectivity index (χ2n) is 9.46. The van der Waals surface area contributed by atoms with E-state index < -0.39 is 5.60 Å². The third kappa shape index (κ3) is 3.86. The Kier molecular flexibility index (Phi) is 5.59. The first kappa shape index (κ1) is 20.2. The fourth-order valence-electron chi connectivity index (χ4n) is 5.96. The summed E-state index contributed by atoms with van der Waals surface area (Å²) in [6.07, 6.45) is 7.25. The number of esters is 1. The average molecular weight is 349 g/mol. The standard InChI is InChI=1S/C22H36O3/c1-8-21(6,25-16(3)23)13-10-17-15(2)14-18(24)19-20(4,5)11-9-12-22(17,19)7/h8,17-19,24H,1-2,9-14H2,3-7H3/t17?,18?,19?,21-,22-/m1/s1. The zero-order chi connectivity index (χ0) is 19.0. The molecule has 3 unspecified atom stereocenters. The lowest BCUT2D eigenvalue weighted by Crippen LogP contribution is -2.55. The van der Waals surface area contributed by atoms with Crippen LogP contribution in [0, 0.1) is 22.7 Å². The highest BCUT2D eigenvalue weighted by Gasteiger charge is 2.56. The average Bonchev–Trinajstić information content (AvgIpc) is 2.44. The van der Waals surface area contributed by atoms with Crippen molar-refractivity contribution >= 4 is 5.97 Å². The summed E-state index contributed by atoms with van der Waals surface area (Å²) in [4.78, 5) is 11.4. The lowest BCUT2D eigenvalue weighted by Gasteiger charge is -2.59. The maximum atomic E-state index is 11.4. The summed E-state index contributed by atoms with van der Waals surface area (Å²) in [5.41, 5.74) is 0.703. The van der Waals surface area contributed by atoms with Gasteiger partial charge in [-0.05, 0) is 67.8 Å². The molecule has 0 radical (unpaired) electrons. The van der Waals surface area contributed by atoms with Crippen LogP contribution in [0.5, 0.6) is 0 Å². The molecule has 0 amide bonds. The molecule has 25 heavy (non-hydrogen) atoms. The molecule has 0 aromatic rings. The minimum Gasteiger partial charge on any atom is -0.455 e. The molecular weight excluding hydrogens is 312 g/mol. The van der Waals surface area contributed by atoms with Gasteiger partial charge in [-0.1, -0.05) is 45.9 Å². The summed E-state index contributed by atoms with van der Waals surface area (Å²) in [7, 11) is 0. The van der Waals surface area contributed by atoms with Crippen LogP contribution in [0.1, 0.15) is 73.1 Å². The molecule has 0 saturated heterocycles. The molecule has 5 atom stereocenters. The van der Waals surface area contributed by atoms with Gasteiger partial charge in [0.1, 0.15) is 5.60 Å². The van der Waals surface area contributed by atoms with E-state index >= 15 is 0 Å². The van der Waals surface area contributed by atoms with E-state index in [0.717, 1.165) is 24.8 Å². The monoisotopic (exact) mass is 348 g/mol. The van der Waals surface area contributed by atoms with Gasteiger partial charge in [-0.2, -0.15) is 0 Å². The molecule has 0 aromatic heterocycles. The lowest BCUT2D eigenvalue weighted by molar-refractivity contribution is -0.152. The fourth-order valence-corrected chi connectivity index (χ4v) is 5.96. The van der Waals surface area contributed by atoms with Gasteiger partial charge in [-0.25, -0.2) is 0 Å². The topological polar surface area (TPSA) is 46.5 Å². The highest BCUT2D eigenvalue weighted by atomic mass is 16.6. The Morgan fingerprint density at radius 1 is 1.40 bits per heavy atom. The normalized spacial score (nSPS) is 36.9. The van der Waals surface area contributed by atoms with E-state index in [4.69, 9.17) is 4.74 Å². The predicted octanol–water partition coefficient (Wildman–Crippen LogP) is 5.04. The van der Waals surface area contributed by atoms with Crippen LogP contribution in [0.25, 0.3) is 0 Å². The third-order valence-electron chi connectivity index (χ3n) is 6.97. The molecule has 0 heterocycles. The van der Waals surface area contributed by atoms with E-state index in [0.29, 0.717) is 12.3 Å². The number of fused-ring (bicyclic) bond motifs is 1. The van der Waals surface area contributed by atoms with Crippen molar-refractivity contribution in [3.05, 3.63) is 24.8 Å². The van der Waals surface area contributed by atoms with Crippen molar-refractivity contribution in [3.8, 4) is 0 Å². The maximum absolute atomic E-state index is 11.4. The van der Waals surface area contributed by atoms with Gasteiger partial charge >= 0.3 is 5.97 Å². The number of ether oxygens (including phenoxy) is 1. The number of rotatable bonds is 5. The SMILES string of the molecule is C=C[C@](C)(CCC1C(=C)CC(O)C2C(C)(C)CCC[C@]12C)OC(C)=O. The number of carbonyl (C=O) groups is 1. The summed E-state index contributed by atoms with van der Waals surface area (Å²) in [6, 6.07) is 0. The van der Waals surface area contributed by atoms with Gasteiger partial charge in [0.25, 0.3) is 0 Å². The Morgan fingerprint density at radius 3 is 2.60 bits per heavy atom. The number of aliphatic hydroxyl groups excluding tert-OH is 1. The second kappa shape index (κ2) is 6.90. The molecule has 3 heteroatoms. The molecule has 0 aliphatic heterocycles. The van der Waals surface area contributed by atoms with Gasteiger partial charge < -0.3 is 9.84 Å². The van der Waals surface area contributed by atoms with Gasteiger partial charge in [-0.3, -0.25) is 4.79 Å². The molecule has 0 bridgehead atoms. The Bertz CT molecular complexity index is 549. The van der Waals surface area contributed by atoms with Gasteiger partial charge in [-0.15, -0.1) is 0 Å². The van der Waals surface area contributed by atoms with E-state index in [-0.39, 0.29) is 28.8 Å². The van der Waals surface area contributed by atoms with E-state index in [1.807, 2.05) is 6.92 Å². The molecule has 0 spiro atoms. The molecule has 142 valence electrons. The molecule has 1 N–H and O–H groups in total. The van der Waals surface area contributed by atoms with Crippen LogP contribution < -0.4 is 0 Å². The van der Waals surface area contributed by atoms with Crippen molar-refractivity contribution in [2.45, 2.75) is 84.8 Å². The Hall–Kier alpha value is -1.09. The molecule has 2 saturated carbocycles. The van der Waals surface area contributed by atoms with Crippen LogP contribution in [0.2, 0.25) is 0 Å².